The summed E-state index contributed by atoms with van der Waals surface area (Å²) in [4.78, 5) is 52.2. The van der Waals surface area contributed by atoms with Crippen LogP contribution in [0.4, 0.5) is 0 Å². The maximum atomic E-state index is 13.8. The van der Waals surface area contributed by atoms with Crippen LogP contribution in [0.3, 0.4) is 0 Å². The third kappa shape index (κ3) is 5.58. The van der Waals surface area contributed by atoms with Crippen LogP contribution in [0.5, 0.6) is 0 Å². The molecule has 0 spiro atoms. The van der Waals surface area contributed by atoms with Gasteiger partial charge in [0.1, 0.15) is 17.9 Å². The highest BCUT2D eigenvalue weighted by molar-refractivity contribution is 6.05. The number of piperazine rings is 1. The van der Waals surface area contributed by atoms with E-state index in [9.17, 15) is 14.4 Å². The van der Waals surface area contributed by atoms with E-state index in [0.717, 1.165) is 11.1 Å². The maximum Gasteiger partial charge on any atom is 0.342 e. The van der Waals surface area contributed by atoms with Gasteiger partial charge in [0.2, 0.25) is 0 Å². The van der Waals surface area contributed by atoms with Gasteiger partial charge in [-0.05, 0) is 32.9 Å². The van der Waals surface area contributed by atoms with E-state index in [-0.39, 0.29) is 29.8 Å². The molecule has 1 unspecified atom stereocenters. The molecule has 1 aliphatic rings. The molecule has 0 radical (unpaired) electrons. The molecule has 190 valence electrons. The minimum atomic E-state index is -0.679. The second-order valence-corrected chi connectivity index (χ2v) is 9.07. The second kappa shape index (κ2) is 11.2. The van der Waals surface area contributed by atoms with E-state index in [4.69, 9.17) is 4.74 Å². The summed E-state index contributed by atoms with van der Waals surface area (Å²) in [5.41, 5.74) is 2.81. The summed E-state index contributed by atoms with van der Waals surface area (Å²) in [6, 6.07) is 16.5. The van der Waals surface area contributed by atoms with E-state index in [2.05, 4.69) is 16.5 Å². The molecule has 1 saturated heterocycles. The quantitative estimate of drug-likeness (QED) is 0.376. The Bertz CT molecular complexity index is 1320. The van der Waals surface area contributed by atoms with Crippen molar-refractivity contribution in [2.75, 3.05) is 26.2 Å². The number of rotatable bonds is 6. The van der Waals surface area contributed by atoms with E-state index in [1.807, 2.05) is 68.4 Å². The molecule has 0 saturated carbocycles. The van der Waals surface area contributed by atoms with Crippen LogP contribution in [0.1, 0.15) is 49.4 Å². The Morgan fingerprint density at radius 2 is 1.70 bits per heavy atom. The minimum Gasteiger partial charge on any atom is -0.458 e. The number of esters is 1. The number of hydrogen-bond acceptors (Lipinski definition) is 6. The van der Waals surface area contributed by atoms with E-state index >= 15 is 0 Å². The fourth-order valence-electron chi connectivity index (χ4n) is 4.35. The first-order valence-corrected chi connectivity index (χ1v) is 12.2. The van der Waals surface area contributed by atoms with E-state index in [1.54, 1.807) is 16.7 Å². The van der Waals surface area contributed by atoms with Crippen molar-refractivity contribution in [3.05, 3.63) is 95.3 Å². The van der Waals surface area contributed by atoms with Gasteiger partial charge in [-0.1, -0.05) is 60.7 Å². The summed E-state index contributed by atoms with van der Waals surface area (Å²) >= 11 is 0. The number of carbonyl (C=O) groups excluding carboxylic acids is 3. The molecular formula is C29H30N4O4. The molecule has 2 amide bonds. The third-order valence-electron chi connectivity index (χ3n) is 6.33. The van der Waals surface area contributed by atoms with Crippen LogP contribution in [0, 0.1) is 13.8 Å². The lowest BCUT2D eigenvalue weighted by Gasteiger charge is -2.40. The third-order valence-corrected chi connectivity index (χ3v) is 6.33. The van der Waals surface area contributed by atoms with Crippen molar-refractivity contribution < 1.29 is 19.1 Å². The summed E-state index contributed by atoms with van der Waals surface area (Å²) in [6.07, 6.45) is 1.46. The topological polar surface area (TPSA) is 92.7 Å². The molecule has 1 fully saturated rings. The first kappa shape index (κ1) is 25.8. The Kier molecular flexibility index (Phi) is 7.77. The average molecular weight is 499 g/mol. The number of nitrogens with zero attached hydrogens (tertiary/aromatic N) is 4. The van der Waals surface area contributed by atoms with Crippen LogP contribution in [-0.2, 0) is 4.74 Å². The molecule has 4 rings (SSSR count). The number of amides is 2. The van der Waals surface area contributed by atoms with Crippen molar-refractivity contribution in [2.24, 2.45) is 0 Å². The molecule has 3 aromatic rings. The number of benzene rings is 2. The first-order valence-electron chi connectivity index (χ1n) is 12.2. The molecule has 37 heavy (non-hydrogen) atoms. The summed E-state index contributed by atoms with van der Waals surface area (Å²) in [6.45, 7) is 10.1. The summed E-state index contributed by atoms with van der Waals surface area (Å²) < 4.78 is 5.25. The van der Waals surface area contributed by atoms with Crippen LogP contribution in [0.2, 0.25) is 0 Å². The molecule has 8 heteroatoms. The van der Waals surface area contributed by atoms with Gasteiger partial charge in [-0.3, -0.25) is 9.59 Å². The predicted octanol–water partition coefficient (Wildman–Crippen LogP) is 4.09. The molecule has 8 nitrogen and oxygen atoms in total. The van der Waals surface area contributed by atoms with Crippen molar-refractivity contribution >= 4 is 17.8 Å². The lowest BCUT2D eigenvalue weighted by atomic mass is 10.1. The molecule has 0 aliphatic carbocycles. The van der Waals surface area contributed by atoms with Crippen LogP contribution in [-0.4, -0.2) is 69.8 Å². The van der Waals surface area contributed by atoms with Crippen molar-refractivity contribution in [2.45, 2.75) is 26.8 Å². The predicted molar refractivity (Wildman–Crippen MR) is 140 cm³/mol. The fraction of sp³-hybridized carbons (Fsp3) is 0.276. The number of carbonyl (C=O) groups is 3. The van der Waals surface area contributed by atoms with Gasteiger partial charge in [0, 0.05) is 36.8 Å². The summed E-state index contributed by atoms with van der Waals surface area (Å²) in [7, 11) is 0. The maximum absolute atomic E-state index is 13.8. The normalized spacial score (nSPS) is 15.3. The lowest BCUT2D eigenvalue weighted by molar-refractivity contribution is 0.0407. The zero-order valence-corrected chi connectivity index (χ0v) is 21.3. The Balaban J connectivity index is 1.62. The Morgan fingerprint density at radius 3 is 2.35 bits per heavy atom. The van der Waals surface area contributed by atoms with Gasteiger partial charge in [0.15, 0.2) is 5.82 Å². The Hall–Kier alpha value is -4.33. The van der Waals surface area contributed by atoms with Gasteiger partial charge in [0.25, 0.3) is 11.8 Å². The standard InChI is InChI=1S/C29H30N4O4/c1-5-17-37-29(36)24-21(4)30-26(22-9-7-6-8-10-22)31-25(24)28(35)32-15-16-33(20(3)18-32)27(34)23-13-11-19(2)12-14-23/h5-14,20H,1,15-18H2,2-4H3. The van der Waals surface area contributed by atoms with Crippen LogP contribution in [0.15, 0.2) is 67.3 Å². The zero-order valence-electron chi connectivity index (χ0n) is 21.3. The lowest BCUT2D eigenvalue weighted by Crippen LogP contribution is -2.55. The number of ether oxygens (including phenoxy) is 1. The molecule has 2 heterocycles. The Morgan fingerprint density at radius 1 is 1.00 bits per heavy atom. The highest BCUT2D eigenvalue weighted by atomic mass is 16.5. The van der Waals surface area contributed by atoms with Gasteiger partial charge in [-0.15, -0.1) is 0 Å². The molecule has 1 aromatic heterocycles. The van der Waals surface area contributed by atoms with Gasteiger partial charge in [-0.2, -0.15) is 0 Å². The zero-order chi connectivity index (χ0) is 26.5. The molecule has 1 aliphatic heterocycles. The molecule has 0 N–H and O–H groups in total. The summed E-state index contributed by atoms with van der Waals surface area (Å²) in [5.74, 6) is -0.801. The number of hydrogen-bond donors (Lipinski definition) is 0. The minimum absolute atomic E-state index is 0.00315. The van der Waals surface area contributed by atoms with Gasteiger partial charge < -0.3 is 14.5 Å². The van der Waals surface area contributed by atoms with Crippen molar-refractivity contribution in [1.82, 2.24) is 19.8 Å². The SMILES string of the molecule is C=CCOC(=O)c1c(C)nc(-c2ccccc2)nc1C(=O)N1CCN(C(=O)c2ccc(C)cc2)C(C)C1. The largest absolute Gasteiger partial charge is 0.458 e. The second-order valence-electron chi connectivity index (χ2n) is 9.07. The highest BCUT2D eigenvalue weighted by Crippen LogP contribution is 2.23. The molecule has 2 aromatic carbocycles. The monoisotopic (exact) mass is 498 g/mol. The van der Waals surface area contributed by atoms with E-state index < -0.39 is 11.9 Å². The van der Waals surface area contributed by atoms with E-state index in [1.165, 1.54) is 6.08 Å². The van der Waals surface area contributed by atoms with Crippen LogP contribution in [0.25, 0.3) is 11.4 Å². The van der Waals surface area contributed by atoms with Gasteiger partial charge >= 0.3 is 5.97 Å². The van der Waals surface area contributed by atoms with Gasteiger partial charge in [-0.25, -0.2) is 14.8 Å². The molecule has 1 atom stereocenters. The van der Waals surface area contributed by atoms with Crippen molar-refractivity contribution in [3.8, 4) is 11.4 Å². The fourth-order valence-corrected chi connectivity index (χ4v) is 4.35. The number of aryl methyl sites for hydroxylation is 2. The smallest absolute Gasteiger partial charge is 0.342 e. The Labute approximate surface area is 216 Å². The average Bonchev–Trinajstić information content (AvgIpc) is 2.91. The van der Waals surface area contributed by atoms with Crippen LogP contribution < -0.4 is 0 Å². The van der Waals surface area contributed by atoms with Crippen molar-refractivity contribution in [3.63, 3.8) is 0 Å². The number of aromatic nitrogens is 2. The molecular weight excluding hydrogens is 468 g/mol. The van der Waals surface area contributed by atoms with Crippen molar-refractivity contribution in [1.29, 1.82) is 0 Å². The summed E-state index contributed by atoms with van der Waals surface area (Å²) in [5, 5.41) is 0. The van der Waals surface area contributed by atoms with Gasteiger partial charge in [0.05, 0.1) is 5.69 Å². The van der Waals surface area contributed by atoms with Crippen LogP contribution >= 0.6 is 0 Å². The highest BCUT2D eigenvalue weighted by Gasteiger charge is 2.34. The molecule has 0 bridgehead atoms. The first-order chi connectivity index (χ1) is 17.8. The van der Waals surface area contributed by atoms with E-state index in [0.29, 0.717) is 36.7 Å².